The van der Waals surface area contributed by atoms with Crippen molar-refractivity contribution in [1.82, 2.24) is 9.78 Å². The van der Waals surface area contributed by atoms with Crippen LogP contribution in [0.5, 0.6) is 5.75 Å². The van der Waals surface area contributed by atoms with Crippen molar-refractivity contribution < 1.29 is 23.9 Å². The van der Waals surface area contributed by atoms with Gasteiger partial charge < -0.3 is 14.4 Å². The van der Waals surface area contributed by atoms with Crippen molar-refractivity contribution in [2.45, 2.75) is 19.8 Å². The summed E-state index contributed by atoms with van der Waals surface area (Å²) in [5, 5.41) is 7.31. The molecule has 0 unspecified atom stereocenters. The molecular weight excluding hydrogens is 388 g/mol. The number of carbonyl (C=O) groups is 3. The second-order valence-corrected chi connectivity index (χ2v) is 6.66. The number of ether oxygens (including phenoxy) is 2. The average molecular weight is 408 g/mol. The van der Waals surface area contributed by atoms with Crippen LogP contribution in [0.2, 0.25) is 0 Å². The van der Waals surface area contributed by atoms with Crippen molar-refractivity contribution >= 4 is 40.4 Å². The molecule has 3 aromatic rings. The molecule has 30 heavy (non-hydrogen) atoms. The van der Waals surface area contributed by atoms with E-state index in [1.807, 2.05) is 6.07 Å². The average Bonchev–Trinajstić information content (AvgIpc) is 3.35. The highest BCUT2D eigenvalue weighted by atomic mass is 16.6. The highest BCUT2D eigenvalue weighted by Gasteiger charge is 2.25. The summed E-state index contributed by atoms with van der Waals surface area (Å²) in [5.74, 6) is 0.369. The third-order valence-electron chi connectivity index (χ3n) is 4.69. The number of amides is 2. The van der Waals surface area contributed by atoms with E-state index in [0.29, 0.717) is 41.0 Å². The van der Waals surface area contributed by atoms with Crippen molar-refractivity contribution in [2.24, 2.45) is 0 Å². The van der Waals surface area contributed by atoms with Gasteiger partial charge in [-0.3, -0.25) is 10.1 Å². The highest BCUT2D eigenvalue weighted by Crippen LogP contribution is 2.32. The highest BCUT2D eigenvalue weighted by molar-refractivity contribution is 6.06. The molecule has 0 atom stereocenters. The largest absolute Gasteiger partial charge is 0.448 e. The minimum Gasteiger partial charge on any atom is -0.448 e. The van der Waals surface area contributed by atoms with Gasteiger partial charge in [-0.25, -0.2) is 9.59 Å². The summed E-state index contributed by atoms with van der Waals surface area (Å²) in [7, 11) is 0. The third kappa shape index (κ3) is 3.82. The van der Waals surface area contributed by atoms with Crippen LogP contribution < -0.4 is 15.0 Å². The Morgan fingerprint density at radius 1 is 1.20 bits per heavy atom. The Kier molecular flexibility index (Phi) is 5.34. The van der Waals surface area contributed by atoms with E-state index in [4.69, 9.17) is 9.47 Å². The van der Waals surface area contributed by atoms with Crippen LogP contribution in [-0.4, -0.2) is 41.0 Å². The molecule has 154 valence electrons. The van der Waals surface area contributed by atoms with Crippen molar-refractivity contribution in [3.8, 4) is 5.75 Å². The number of hydrogen-bond donors (Lipinski definition) is 1. The van der Waals surface area contributed by atoms with Crippen LogP contribution in [0.3, 0.4) is 0 Å². The Morgan fingerprint density at radius 2 is 2.00 bits per heavy atom. The van der Waals surface area contributed by atoms with Crippen LogP contribution in [0.4, 0.5) is 21.0 Å². The zero-order valence-electron chi connectivity index (χ0n) is 16.3. The van der Waals surface area contributed by atoms with E-state index in [1.165, 1.54) is 6.20 Å². The molecule has 1 aliphatic heterocycles. The van der Waals surface area contributed by atoms with Crippen LogP contribution in [0.1, 0.15) is 19.8 Å². The van der Waals surface area contributed by atoms with E-state index in [2.05, 4.69) is 10.4 Å². The zero-order valence-corrected chi connectivity index (χ0v) is 16.3. The first-order valence-corrected chi connectivity index (χ1v) is 9.60. The lowest BCUT2D eigenvalue weighted by Gasteiger charge is -2.18. The van der Waals surface area contributed by atoms with Gasteiger partial charge in [-0.2, -0.15) is 9.78 Å². The molecule has 2 aromatic carbocycles. The Hall–Kier alpha value is -3.88. The predicted octanol–water partition coefficient (Wildman–Crippen LogP) is 3.78. The van der Waals surface area contributed by atoms with E-state index >= 15 is 0 Å². The number of fused-ring (bicyclic) bond motifs is 1. The summed E-state index contributed by atoms with van der Waals surface area (Å²) in [5.41, 5.74) is 1.35. The number of benzene rings is 2. The van der Waals surface area contributed by atoms with Crippen LogP contribution in [-0.2, 0) is 9.53 Å². The number of para-hydroxylation sites is 1. The van der Waals surface area contributed by atoms with Crippen molar-refractivity contribution in [1.29, 1.82) is 0 Å². The maximum Gasteiger partial charge on any atom is 0.435 e. The fourth-order valence-corrected chi connectivity index (χ4v) is 3.35. The minimum atomic E-state index is -0.698. The number of nitrogens with zero attached hydrogens (tertiary/aromatic N) is 3. The summed E-state index contributed by atoms with van der Waals surface area (Å²) in [6.45, 7) is 2.45. The molecule has 1 fully saturated rings. The Morgan fingerprint density at radius 3 is 2.70 bits per heavy atom. The Balaban J connectivity index is 1.72. The molecular formula is C21H20N4O5. The molecule has 0 saturated carbocycles. The van der Waals surface area contributed by atoms with Crippen molar-refractivity contribution in [3.05, 3.63) is 48.7 Å². The molecule has 0 radical (unpaired) electrons. The lowest BCUT2D eigenvalue weighted by atomic mass is 10.2. The molecule has 9 nitrogen and oxygen atoms in total. The molecule has 2 amide bonds. The predicted molar refractivity (Wildman–Crippen MR) is 110 cm³/mol. The summed E-state index contributed by atoms with van der Waals surface area (Å²) in [6.07, 6.45) is 1.31. The van der Waals surface area contributed by atoms with E-state index in [1.54, 1.807) is 48.2 Å². The van der Waals surface area contributed by atoms with Crippen LogP contribution in [0.25, 0.3) is 10.9 Å². The standard InChI is InChI=1S/C21H20N4O5/c1-2-29-21(28)25-18-12-14(24-10-6-9-19(24)26)11-17(16(18)13-22-25)23-20(27)30-15-7-4-3-5-8-15/h3-5,7-8,11-13H,2,6,9-10H2,1H3,(H,23,27). The number of aromatic nitrogens is 2. The monoisotopic (exact) mass is 408 g/mol. The first kappa shape index (κ1) is 19.4. The molecule has 2 heterocycles. The zero-order chi connectivity index (χ0) is 21.1. The number of anilines is 2. The van der Waals surface area contributed by atoms with E-state index in [-0.39, 0.29) is 12.5 Å². The second-order valence-electron chi connectivity index (χ2n) is 6.66. The molecule has 0 bridgehead atoms. The first-order valence-electron chi connectivity index (χ1n) is 9.60. The topological polar surface area (TPSA) is 103 Å². The Bertz CT molecular complexity index is 1110. The molecule has 0 aliphatic carbocycles. The molecule has 1 aliphatic rings. The van der Waals surface area contributed by atoms with E-state index < -0.39 is 12.2 Å². The third-order valence-corrected chi connectivity index (χ3v) is 4.69. The van der Waals surface area contributed by atoms with E-state index in [0.717, 1.165) is 11.1 Å². The van der Waals surface area contributed by atoms with Crippen molar-refractivity contribution in [3.63, 3.8) is 0 Å². The van der Waals surface area contributed by atoms with Gasteiger partial charge in [-0.05, 0) is 37.6 Å². The fourth-order valence-electron chi connectivity index (χ4n) is 3.35. The van der Waals surface area contributed by atoms with Gasteiger partial charge >= 0.3 is 12.2 Å². The maximum atomic E-state index is 12.4. The fraction of sp³-hybridized carbons (Fsp3) is 0.238. The smallest absolute Gasteiger partial charge is 0.435 e. The quantitative estimate of drug-likeness (QED) is 0.705. The van der Waals surface area contributed by atoms with Crippen LogP contribution in [0.15, 0.2) is 48.7 Å². The molecule has 1 aromatic heterocycles. The van der Waals surface area contributed by atoms with Crippen LogP contribution in [0, 0.1) is 0 Å². The summed E-state index contributed by atoms with van der Waals surface area (Å²) < 4.78 is 11.5. The van der Waals surface area contributed by atoms with E-state index in [9.17, 15) is 14.4 Å². The normalized spacial score (nSPS) is 13.5. The second kappa shape index (κ2) is 8.24. The number of rotatable bonds is 4. The molecule has 9 heteroatoms. The Labute approximate surface area is 172 Å². The van der Waals surface area contributed by atoms with Gasteiger partial charge in [-0.1, -0.05) is 18.2 Å². The van der Waals surface area contributed by atoms with Gasteiger partial charge in [-0.15, -0.1) is 0 Å². The van der Waals surface area contributed by atoms with Crippen molar-refractivity contribution in [2.75, 3.05) is 23.4 Å². The first-order chi connectivity index (χ1) is 14.6. The van der Waals surface area contributed by atoms with Gasteiger partial charge in [0.15, 0.2) is 0 Å². The molecule has 0 spiro atoms. The summed E-state index contributed by atoms with van der Waals surface area (Å²) in [4.78, 5) is 38.6. The van der Waals surface area contributed by atoms with Gasteiger partial charge in [0, 0.05) is 24.0 Å². The molecule has 1 N–H and O–H groups in total. The maximum absolute atomic E-state index is 12.4. The lowest BCUT2D eigenvalue weighted by molar-refractivity contribution is -0.117. The lowest BCUT2D eigenvalue weighted by Crippen LogP contribution is -2.24. The van der Waals surface area contributed by atoms with Gasteiger partial charge in [0.25, 0.3) is 0 Å². The van der Waals surface area contributed by atoms with Crippen LogP contribution >= 0.6 is 0 Å². The number of nitrogens with one attached hydrogen (secondary N) is 1. The van der Waals surface area contributed by atoms with Gasteiger partial charge in [0.05, 0.1) is 24.0 Å². The summed E-state index contributed by atoms with van der Waals surface area (Å²) in [6, 6.07) is 12.0. The number of carbonyl (C=O) groups excluding carboxylic acids is 3. The van der Waals surface area contributed by atoms with Gasteiger partial charge in [0.2, 0.25) is 5.91 Å². The summed E-state index contributed by atoms with van der Waals surface area (Å²) >= 11 is 0. The minimum absolute atomic E-state index is 0.0191. The number of hydrogen-bond acceptors (Lipinski definition) is 6. The SMILES string of the molecule is CCOC(=O)n1ncc2c(NC(=O)Oc3ccccc3)cc(N3CCCC3=O)cc21. The van der Waals surface area contributed by atoms with Gasteiger partial charge in [0.1, 0.15) is 5.75 Å². The molecule has 1 saturated heterocycles. The molecule has 4 rings (SSSR count).